The number of carbonyl (C=O) groups is 2. The first kappa shape index (κ1) is 11.7. The van der Waals surface area contributed by atoms with Crippen LogP contribution in [0.2, 0.25) is 0 Å². The number of aromatic hydroxyl groups is 1. The van der Waals surface area contributed by atoms with Crippen LogP contribution in [0.1, 0.15) is 34.1 Å². The van der Waals surface area contributed by atoms with E-state index in [1.807, 2.05) is 0 Å². The van der Waals surface area contributed by atoms with Gasteiger partial charge in [-0.05, 0) is 28.1 Å². The Morgan fingerprint density at radius 2 is 2.00 bits per heavy atom. The third-order valence-electron chi connectivity index (χ3n) is 1.96. The molecule has 1 aromatic rings. The van der Waals surface area contributed by atoms with E-state index in [1.165, 1.54) is 12.1 Å². The molecule has 0 amide bonds. The van der Waals surface area contributed by atoms with Crippen molar-refractivity contribution in [3.8, 4) is 5.75 Å². The molecule has 2 N–H and O–H groups in total. The largest absolute Gasteiger partial charge is 0.507 e. The third kappa shape index (κ3) is 2.18. The Kier molecular flexibility index (Phi) is 3.47. The molecule has 0 saturated heterocycles. The summed E-state index contributed by atoms with van der Waals surface area (Å²) in [4.78, 5) is 22.4. The van der Waals surface area contributed by atoms with Gasteiger partial charge in [-0.25, -0.2) is 4.79 Å². The zero-order valence-corrected chi connectivity index (χ0v) is 9.54. The highest BCUT2D eigenvalue weighted by Crippen LogP contribution is 2.30. The monoisotopic (exact) mass is 272 g/mol. The second-order valence-corrected chi connectivity index (χ2v) is 3.70. The molecular weight excluding hydrogens is 264 g/mol. The fourth-order valence-corrected chi connectivity index (χ4v) is 1.71. The maximum atomic E-state index is 11.4. The van der Waals surface area contributed by atoms with Crippen molar-refractivity contribution < 1.29 is 19.8 Å². The molecule has 1 aromatic carbocycles. The number of phenols is 1. The number of hydrogen-bond acceptors (Lipinski definition) is 3. The van der Waals surface area contributed by atoms with Crippen molar-refractivity contribution in [2.75, 3.05) is 0 Å². The summed E-state index contributed by atoms with van der Waals surface area (Å²) in [5.74, 6) is -1.71. The molecule has 0 unspecified atom stereocenters. The first-order valence-electron chi connectivity index (χ1n) is 4.27. The van der Waals surface area contributed by atoms with Gasteiger partial charge in [0.25, 0.3) is 0 Å². The normalized spacial score (nSPS) is 10.0. The average Bonchev–Trinajstić information content (AvgIpc) is 2.20. The lowest BCUT2D eigenvalue weighted by Crippen LogP contribution is -2.08. The number of halogens is 1. The molecule has 5 heteroatoms. The van der Waals surface area contributed by atoms with Crippen LogP contribution in [0, 0.1) is 0 Å². The maximum absolute atomic E-state index is 11.4. The van der Waals surface area contributed by atoms with Gasteiger partial charge in [0.2, 0.25) is 0 Å². The van der Waals surface area contributed by atoms with E-state index in [1.54, 1.807) is 6.92 Å². The molecule has 0 bridgehead atoms. The molecular formula is C10H9BrO4. The van der Waals surface area contributed by atoms with E-state index in [2.05, 4.69) is 15.9 Å². The van der Waals surface area contributed by atoms with Crippen LogP contribution in [0.5, 0.6) is 5.75 Å². The number of benzene rings is 1. The summed E-state index contributed by atoms with van der Waals surface area (Å²) in [6, 6.07) is 2.61. The molecule has 4 nitrogen and oxygen atoms in total. The molecule has 0 heterocycles. The van der Waals surface area contributed by atoms with Gasteiger partial charge in [-0.2, -0.15) is 0 Å². The van der Waals surface area contributed by atoms with Gasteiger partial charge in [-0.3, -0.25) is 4.79 Å². The van der Waals surface area contributed by atoms with E-state index < -0.39 is 5.97 Å². The lowest BCUT2D eigenvalue weighted by atomic mass is 10.0. The summed E-state index contributed by atoms with van der Waals surface area (Å²) in [6.45, 7) is 1.65. The molecule has 0 spiro atoms. The Bertz CT molecular complexity index is 426. The average molecular weight is 273 g/mol. The van der Waals surface area contributed by atoms with Crippen molar-refractivity contribution in [3.63, 3.8) is 0 Å². The quantitative estimate of drug-likeness (QED) is 0.829. The van der Waals surface area contributed by atoms with Crippen LogP contribution in [0.15, 0.2) is 16.6 Å². The van der Waals surface area contributed by atoms with E-state index in [4.69, 9.17) is 5.11 Å². The SMILES string of the molecule is CCC(=O)c1ccc(O)c(Br)c1C(=O)O. The molecule has 0 atom stereocenters. The van der Waals surface area contributed by atoms with E-state index in [9.17, 15) is 14.7 Å². The summed E-state index contributed by atoms with van der Waals surface area (Å²) in [5.41, 5.74) is -0.0866. The summed E-state index contributed by atoms with van der Waals surface area (Å²) >= 11 is 2.95. The molecule has 0 fully saturated rings. The minimum atomic E-state index is -1.24. The number of Topliss-reactive ketones (excluding diaryl/α,β-unsaturated/α-hetero) is 1. The van der Waals surface area contributed by atoms with Crippen molar-refractivity contribution >= 4 is 27.7 Å². The zero-order chi connectivity index (χ0) is 11.6. The molecule has 0 aromatic heterocycles. The third-order valence-corrected chi connectivity index (χ3v) is 2.76. The number of hydrogen-bond donors (Lipinski definition) is 2. The maximum Gasteiger partial charge on any atom is 0.337 e. The van der Waals surface area contributed by atoms with Gasteiger partial charge in [0.15, 0.2) is 5.78 Å². The van der Waals surface area contributed by atoms with Crippen LogP contribution in [-0.2, 0) is 0 Å². The van der Waals surface area contributed by atoms with Gasteiger partial charge in [0.05, 0.1) is 10.0 Å². The number of carboxylic acids is 1. The summed E-state index contributed by atoms with van der Waals surface area (Å²) < 4.78 is 0.0364. The minimum absolute atomic E-state index is 0.0364. The molecule has 0 radical (unpaired) electrons. The van der Waals surface area contributed by atoms with Gasteiger partial charge >= 0.3 is 5.97 Å². The number of aromatic carboxylic acids is 1. The minimum Gasteiger partial charge on any atom is -0.507 e. The number of rotatable bonds is 3. The Morgan fingerprint density at radius 3 is 2.47 bits per heavy atom. The smallest absolute Gasteiger partial charge is 0.337 e. The Balaban J connectivity index is 3.46. The highest BCUT2D eigenvalue weighted by Gasteiger charge is 2.20. The van der Waals surface area contributed by atoms with Crippen LogP contribution in [0.4, 0.5) is 0 Å². The highest BCUT2D eigenvalue weighted by molar-refractivity contribution is 9.10. The summed E-state index contributed by atoms with van der Waals surface area (Å²) in [6.07, 6.45) is 0.220. The second-order valence-electron chi connectivity index (χ2n) is 2.90. The standard InChI is InChI=1S/C10H9BrO4/c1-2-6(12)5-3-4-7(13)9(11)8(5)10(14)15/h3-4,13H,2H2,1H3,(H,14,15). The van der Waals surface area contributed by atoms with E-state index >= 15 is 0 Å². The number of phenolic OH excluding ortho intramolecular Hbond substituents is 1. The van der Waals surface area contributed by atoms with E-state index in [0.29, 0.717) is 0 Å². The van der Waals surface area contributed by atoms with Crippen molar-refractivity contribution in [3.05, 3.63) is 27.7 Å². The number of carboxylic acid groups (broad SMARTS) is 1. The fraction of sp³-hybridized carbons (Fsp3) is 0.200. The van der Waals surface area contributed by atoms with E-state index in [0.717, 1.165) is 0 Å². The Hall–Kier alpha value is -1.36. The van der Waals surface area contributed by atoms with Crippen molar-refractivity contribution in [2.45, 2.75) is 13.3 Å². The van der Waals surface area contributed by atoms with Crippen molar-refractivity contribution in [1.29, 1.82) is 0 Å². The van der Waals surface area contributed by atoms with Gasteiger partial charge in [-0.1, -0.05) is 6.92 Å². The lowest BCUT2D eigenvalue weighted by Gasteiger charge is -2.07. The molecule has 1 rings (SSSR count). The van der Waals surface area contributed by atoms with Crippen LogP contribution in [0.3, 0.4) is 0 Å². The van der Waals surface area contributed by atoms with Crippen LogP contribution in [-0.4, -0.2) is 22.0 Å². The summed E-state index contributed by atoms with van der Waals surface area (Å²) in [7, 11) is 0. The van der Waals surface area contributed by atoms with E-state index in [-0.39, 0.29) is 33.6 Å². The lowest BCUT2D eigenvalue weighted by molar-refractivity contribution is 0.0690. The molecule has 0 aliphatic rings. The first-order valence-corrected chi connectivity index (χ1v) is 5.06. The highest BCUT2D eigenvalue weighted by atomic mass is 79.9. The zero-order valence-electron chi connectivity index (χ0n) is 7.95. The van der Waals surface area contributed by atoms with Crippen LogP contribution < -0.4 is 0 Å². The van der Waals surface area contributed by atoms with Crippen LogP contribution in [0.25, 0.3) is 0 Å². The number of carbonyl (C=O) groups excluding carboxylic acids is 1. The number of ketones is 1. The Labute approximate surface area is 94.7 Å². The summed E-state index contributed by atoms with van der Waals surface area (Å²) in [5, 5.41) is 18.2. The predicted octanol–water partition coefficient (Wildman–Crippen LogP) is 2.45. The van der Waals surface area contributed by atoms with Gasteiger partial charge in [0, 0.05) is 12.0 Å². The first-order chi connectivity index (χ1) is 6.99. The van der Waals surface area contributed by atoms with Crippen molar-refractivity contribution in [2.24, 2.45) is 0 Å². The topological polar surface area (TPSA) is 74.6 Å². The molecule has 0 aliphatic heterocycles. The fourth-order valence-electron chi connectivity index (χ4n) is 1.20. The van der Waals surface area contributed by atoms with Gasteiger partial charge < -0.3 is 10.2 Å². The Morgan fingerprint density at radius 1 is 1.40 bits per heavy atom. The van der Waals surface area contributed by atoms with Gasteiger partial charge in [-0.15, -0.1) is 0 Å². The van der Waals surface area contributed by atoms with Crippen molar-refractivity contribution in [1.82, 2.24) is 0 Å². The van der Waals surface area contributed by atoms with Gasteiger partial charge in [0.1, 0.15) is 5.75 Å². The van der Waals surface area contributed by atoms with Crippen LogP contribution >= 0.6 is 15.9 Å². The molecule has 80 valence electrons. The molecule has 0 aliphatic carbocycles. The second kappa shape index (κ2) is 4.44. The predicted molar refractivity (Wildman–Crippen MR) is 57.4 cm³/mol. The molecule has 15 heavy (non-hydrogen) atoms. The molecule has 0 saturated carbocycles.